The maximum atomic E-state index is 12.8. The van der Waals surface area contributed by atoms with Gasteiger partial charge >= 0.3 is 6.18 Å². The molecule has 0 spiro atoms. The number of piperidine rings is 1. The number of halogens is 3. The van der Waals surface area contributed by atoms with Crippen LogP contribution in [-0.2, 0) is 6.18 Å². The number of nitrogens with one attached hydrogen (secondary N) is 1. The molecule has 2 atom stereocenters. The van der Waals surface area contributed by atoms with Crippen LogP contribution in [0, 0.1) is 0 Å². The van der Waals surface area contributed by atoms with Gasteiger partial charge < -0.3 is 10.2 Å². The molecule has 2 unspecified atom stereocenters. The minimum atomic E-state index is -4.27. The summed E-state index contributed by atoms with van der Waals surface area (Å²) in [6.07, 6.45) is -0.0664. The lowest BCUT2D eigenvalue weighted by atomic mass is 9.96. The number of fused-ring (bicyclic) bond motifs is 2. The molecule has 1 aromatic rings. The Hall–Kier alpha value is -1.23. The Bertz CT molecular complexity index is 472. The normalized spacial score (nSPS) is 29.8. The van der Waals surface area contributed by atoms with Gasteiger partial charge in [0.25, 0.3) is 0 Å². The number of nitrogens with zero attached hydrogens (tertiary/aromatic N) is 1. The van der Waals surface area contributed by atoms with Crippen LogP contribution in [0.2, 0.25) is 0 Å². The molecule has 0 amide bonds. The van der Waals surface area contributed by atoms with Crippen molar-refractivity contribution in [2.75, 3.05) is 11.9 Å². The van der Waals surface area contributed by atoms with Gasteiger partial charge in [0.2, 0.25) is 0 Å². The Morgan fingerprint density at radius 2 is 1.80 bits per heavy atom. The van der Waals surface area contributed by atoms with E-state index in [0.717, 1.165) is 37.4 Å². The molecule has 2 nitrogen and oxygen atoms in total. The maximum absolute atomic E-state index is 12.8. The molecule has 0 aromatic heterocycles. The van der Waals surface area contributed by atoms with E-state index in [9.17, 15) is 13.2 Å². The van der Waals surface area contributed by atoms with Crippen LogP contribution in [0.5, 0.6) is 0 Å². The van der Waals surface area contributed by atoms with E-state index in [1.165, 1.54) is 12.1 Å². The van der Waals surface area contributed by atoms with Crippen molar-refractivity contribution in [2.45, 2.75) is 50.0 Å². The smallest absolute Gasteiger partial charge is 0.365 e. The van der Waals surface area contributed by atoms with Crippen molar-refractivity contribution in [1.82, 2.24) is 5.32 Å². The summed E-state index contributed by atoms with van der Waals surface area (Å²) in [5, 5.41) is 3.31. The molecule has 0 aliphatic carbocycles. The van der Waals surface area contributed by atoms with Gasteiger partial charge in [0.15, 0.2) is 0 Å². The van der Waals surface area contributed by atoms with Crippen molar-refractivity contribution in [3.63, 3.8) is 0 Å². The van der Waals surface area contributed by atoms with Crippen molar-refractivity contribution in [3.8, 4) is 0 Å². The molecule has 2 heterocycles. The first-order chi connectivity index (χ1) is 9.49. The molecule has 110 valence electrons. The van der Waals surface area contributed by atoms with Gasteiger partial charge in [0.1, 0.15) is 0 Å². The number of hydrogen-bond donors (Lipinski definition) is 1. The zero-order valence-electron chi connectivity index (χ0n) is 11.5. The van der Waals surface area contributed by atoms with Crippen LogP contribution in [-0.4, -0.2) is 25.2 Å². The van der Waals surface area contributed by atoms with Crippen LogP contribution in [0.1, 0.15) is 31.2 Å². The summed E-state index contributed by atoms with van der Waals surface area (Å²) in [5.41, 5.74) is 0.173. The largest absolute Gasteiger partial charge is 0.416 e. The van der Waals surface area contributed by atoms with E-state index in [-0.39, 0.29) is 0 Å². The maximum Gasteiger partial charge on any atom is 0.416 e. The summed E-state index contributed by atoms with van der Waals surface area (Å²) in [4.78, 5) is 2.21. The lowest BCUT2D eigenvalue weighted by Gasteiger charge is -2.40. The fourth-order valence-corrected chi connectivity index (χ4v) is 3.68. The highest BCUT2D eigenvalue weighted by atomic mass is 19.4. The van der Waals surface area contributed by atoms with Crippen LogP contribution in [0.3, 0.4) is 0 Å². The van der Waals surface area contributed by atoms with Gasteiger partial charge in [-0.2, -0.15) is 13.2 Å². The quantitative estimate of drug-likeness (QED) is 0.895. The highest BCUT2D eigenvalue weighted by Gasteiger charge is 2.41. The van der Waals surface area contributed by atoms with Gasteiger partial charge in [-0.1, -0.05) is 6.07 Å². The molecule has 20 heavy (non-hydrogen) atoms. The van der Waals surface area contributed by atoms with Crippen LogP contribution in [0.25, 0.3) is 0 Å². The summed E-state index contributed by atoms with van der Waals surface area (Å²) in [6, 6.07) is 7.00. The first-order valence-electron chi connectivity index (χ1n) is 7.12. The highest BCUT2D eigenvalue weighted by molar-refractivity contribution is 5.53. The summed E-state index contributed by atoms with van der Waals surface area (Å²) in [5.74, 6) is 0. The summed E-state index contributed by atoms with van der Waals surface area (Å²) < 4.78 is 38.5. The second kappa shape index (κ2) is 4.95. The van der Waals surface area contributed by atoms with Gasteiger partial charge in [-0.05, 0) is 50.9 Å². The van der Waals surface area contributed by atoms with E-state index in [0.29, 0.717) is 18.1 Å². The minimum absolute atomic E-state index is 0.370. The number of hydrogen-bond acceptors (Lipinski definition) is 2. The fourth-order valence-electron chi connectivity index (χ4n) is 3.68. The molecule has 1 N–H and O–H groups in total. The van der Waals surface area contributed by atoms with Crippen LogP contribution < -0.4 is 10.2 Å². The molecule has 2 aliphatic rings. The molecule has 0 saturated carbocycles. The number of alkyl halides is 3. The van der Waals surface area contributed by atoms with Gasteiger partial charge in [0, 0.05) is 23.8 Å². The first-order valence-corrected chi connectivity index (χ1v) is 7.12. The minimum Gasteiger partial charge on any atom is -0.365 e. The second-order valence-corrected chi connectivity index (χ2v) is 5.80. The number of rotatable bonds is 2. The Balaban J connectivity index is 1.87. The highest BCUT2D eigenvalue weighted by Crippen LogP contribution is 2.41. The molecule has 0 radical (unpaired) electrons. The van der Waals surface area contributed by atoms with E-state index < -0.39 is 11.7 Å². The van der Waals surface area contributed by atoms with Gasteiger partial charge in [-0.3, -0.25) is 0 Å². The van der Waals surface area contributed by atoms with Crippen molar-refractivity contribution < 1.29 is 13.2 Å². The molecule has 2 fully saturated rings. The van der Waals surface area contributed by atoms with Gasteiger partial charge in [-0.15, -0.1) is 0 Å². The third-order valence-corrected chi connectivity index (χ3v) is 4.61. The molecular formula is C15H19F3N2. The SMILES string of the molecule is CNC1CC2CCC(C1)N2c1cccc(C(F)(F)F)c1. The second-order valence-electron chi connectivity index (χ2n) is 5.80. The van der Waals surface area contributed by atoms with Crippen LogP contribution in [0.4, 0.5) is 18.9 Å². The molecule has 2 bridgehead atoms. The molecule has 1 aromatic carbocycles. The Morgan fingerprint density at radius 3 is 2.35 bits per heavy atom. The third-order valence-electron chi connectivity index (χ3n) is 4.61. The molecule has 5 heteroatoms. The lowest BCUT2D eigenvalue weighted by molar-refractivity contribution is -0.137. The van der Waals surface area contributed by atoms with Crippen molar-refractivity contribution in [2.24, 2.45) is 0 Å². The average molecular weight is 284 g/mol. The molecule has 2 saturated heterocycles. The molecular weight excluding hydrogens is 265 g/mol. The summed E-state index contributed by atoms with van der Waals surface area (Å²) in [6.45, 7) is 0. The van der Waals surface area contributed by atoms with Gasteiger partial charge in [0.05, 0.1) is 5.56 Å². The topological polar surface area (TPSA) is 15.3 Å². The number of anilines is 1. The summed E-state index contributed by atoms with van der Waals surface area (Å²) >= 11 is 0. The summed E-state index contributed by atoms with van der Waals surface area (Å²) in [7, 11) is 1.96. The Kier molecular flexibility index (Phi) is 3.40. The fraction of sp³-hybridized carbons (Fsp3) is 0.600. The van der Waals surface area contributed by atoms with Crippen molar-refractivity contribution in [1.29, 1.82) is 0 Å². The zero-order valence-corrected chi connectivity index (χ0v) is 11.5. The van der Waals surface area contributed by atoms with Crippen molar-refractivity contribution >= 4 is 5.69 Å². The zero-order chi connectivity index (χ0) is 14.3. The van der Waals surface area contributed by atoms with Gasteiger partial charge in [-0.25, -0.2) is 0 Å². The predicted molar refractivity (Wildman–Crippen MR) is 72.8 cm³/mol. The Morgan fingerprint density at radius 1 is 1.15 bits per heavy atom. The molecule has 3 rings (SSSR count). The predicted octanol–water partition coefficient (Wildman–Crippen LogP) is 3.42. The van der Waals surface area contributed by atoms with Crippen molar-refractivity contribution in [3.05, 3.63) is 29.8 Å². The lowest BCUT2D eigenvalue weighted by Crippen LogP contribution is -2.48. The Labute approximate surface area is 117 Å². The molecule has 2 aliphatic heterocycles. The van der Waals surface area contributed by atoms with E-state index in [1.54, 1.807) is 6.07 Å². The number of benzene rings is 1. The van der Waals surface area contributed by atoms with E-state index >= 15 is 0 Å². The van der Waals surface area contributed by atoms with Crippen LogP contribution in [0.15, 0.2) is 24.3 Å². The van der Waals surface area contributed by atoms with Crippen LogP contribution >= 0.6 is 0 Å². The first kappa shape index (κ1) is 13.7. The van der Waals surface area contributed by atoms with E-state index in [2.05, 4.69) is 10.2 Å². The standard InChI is InChI=1S/C15H19F3N2/c1-19-11-8-13-5-6-14(9-11)20(13)12-4-2-3-10(7-12)15(16,17)18/h2-4,7,11,13-14,19H,5-6,8-9H2,1H3. The third kappa shape index (κ3) is 2.39. The average Bonchev–Trinajstić information content (AvgIpc) is 2.68. The van der Waals surface area contributed by atoms with E-state index in [4.69, 9.17) is 0 Å². The van der Waals surface area contributed by atoms with E-state index in [1.807, 2.05) is 7.05 Å². The monoisotopic (exact) mass is 284 g/mol.